The van der Waals surface area contributed by atoms with Crippen LogP contribution in [0.1, 0.15) is 15.9 Å². The van der Waals surface area contributed by atoms with Crippen LogP contribution in [0.5, 0.6) is 0 Å². The molecule has 1 aromatic rings. The minimum absolute atomic E-state index is 0.00222. The molecule has 3 aliphatic rings. The van der Waals surface area contributed by atoms with Crippen molar-refractivity contribution >= 4 is 17.7 Å². The number of rotatable bonds is 0. The molecule has 2 atom stereocenters. The van der Waals surface area contributed by atoms with Gasteiger partial charge in [-0.15, -0.1) is 0 Å². The molecule has 86 valence electrons. The molecule has 0 amide bonds. The smallest absolute Gasteiger partial charge is 0.188 e. The Morgan fingerprint density at radius 2 is 1.94 bits per heavy atom. The molecule has 0 radical (unpaired) electrons. The summed E-state index contributed by atoms with van der Waals surface area (Å²) in [4.78, 5) is 21.3. The fourth-order valence-electron chi connectivity index (χ4n) is 2.88. The van der Waals surface area contributed by atoms with E-state index in [0.29, 0.717) is 0 Å². The monoisotopic (exact) mass is 234 g/mol. The van der Waals surface area contributed by atoms with E-state index in [1.165, 1.54) is 0 Å². The van der Waals surface area contributed by atoms with Crippen molar-refractivity contribution in [3.8, 4) is 0 Å². The second kappa shape index (κ2) is 3.35. The maximum atomic E-state index is 12.5. The molecule has 0 fully saturated rings. The number of allylic oxidation sites excluding steroid dienone is 2. The van der Waals surface area contributed by atoms with Gasteiger partial charge >= 0.3 is 0 Å². The van der Waals surface area contributed by atoms with Crippen molar-refractivity contribution in [3.05, 3.63) is 59.3 Å². The molecule has 2 aliphatic heterocycles. The second-order valence-electron chi connectivity index (χ2n) is 4.63. The summed E-state index contributed by atoms with van der Waals surface area (Å²) < 4.78 is 0. The van der Waals surface area contributed by atoms with Gasteiger partial charge in [-0.3, -0.25) is 14.8 Å². The zero-order valence-electron chi connectivity index (χ0n) is 9.58. The van der Waals surface area contributed by atoms with Gasteiger partial charge in [-0.25, -0.2) is 0 Å². The topological polar surface area (TPSA) is 41.8 Å². The number of hydrogen-bond donors (Lipinski definition) is 0. The molecule has 0 saturated heterocycles. The van der Waals surface area contributed by atoms with Crippen LogP contribution in [0.25, 0.3) is 0 Å². The normalized spacial score (nSPS) is 27.2. The number of ketones is 1. The molecule has 3 heteroatoms. The number of hydrogen-bond acceptors (Lipinski definition) is 3. The lowest BCUT2D eigenvalue weighted by Crippen LogP contribution is -2.42. The molecular formula is C15H10N2O. The Labute approximate surface area is 104 Å². The Morgan fingerprint density at radius 3 is 2.83 bits per heavy atom. The molecule has 18 heavy (non-hydrogen) atoms. The van der Waals surface area contributed by atoms with Gasteiger partial charge in [0.15, 0.2) is 5.78 Å². The summed E-state index contributed by atoms with van der Waals surface area (Å²) in [5.74, 6) is 0.106. The highest BCUT2D eigenvalue weighted by Gasteiger charge is 2.42. The zero-order chi connectivity index (χ0) is 12.1. The third-order valence-corrected chi connectivity index (χ3v) is 3.70. The number of benzene rings is 1. The summed E-state index contributed by atoms with van der Waals surface area (Å²) in [6.07, 6.45) is 7.47. The van der Waals surface area contributed by atoms with Crippen LogP contribution < -0.4 is 0 Å². The molecule has 3 nitrogen and oxygen atoms in total. The Kier molecular flexibility index (Phi) is 1.81. The van der Waals surface area contributed by atoms with Crippen molar-refractivity contribution in [1.29, 1.82) is 0 Å². The van der Waals surface area contributed by atoms with Crippen LogP contribution in [0.2, 0.25) is 0 Å². The number of nitrogens with zero attached hydrogens (tertiary/aromatic N) is 2. The standard InChI is InChI=1S/C15H10N2O/c18-15-11-4-2-1-3-10(11)13-12-9(5-7-16-13)6-8-17-14(12)15/h1-8,12,14H. The van der Waals surface area contributed by atoms with E-state index in [1.54, 1.807) is 12.4 Å². The number of carbonyl (C=O) groups excluding carboxylic acids is 1. The van der Waals surface area contributed by atoms with Crippen LogP contribution in [0.4, 0.5) is 0 Å². The third kappa shape index (κ3) is 1.11. The van der Waals surface area contributed by atoms with E-state index in [4.69, 9.17) is 0 Å². The van der Waals surface area contributed by atoms with Gasteiger partial charge in [-0.05, 0) is 17.7 Å². The molecule has 1 aromatic carbocycles. The quantitative estimate of drug-likeness (QED) is 0.678. The van der Waals surface area contributed by atoms with Crippen LogP contribution in [0, 0.1) is 5.92 Å². The van der Waals surface area contributed by atoms with Crippen LogP contribution in [0.15, 0.2) is 58.2 Å². The first-order valence-electron chi connectivity index (χ1n) is 5.97. The molecule has 0 aromatic heterocycles. The predicted molar refractivity (Wildman–Crippen MR) is 70.3 cm³/mol. The first-order chi connectivity index (χ1) is 8.86. The molecule has 0 spiro atoms. The molecule has 2 heterocycles. The zero-order valence-corrected chi connectivity index (χ0v) is 9.58. The van der Waals surface area contributed by atoms with Gasteiger partial charge in [-0.1, -0.05) is 24.3 Å². The van der Waals surface area contributed by atoms with Gasteiger partial charge < -0.3 is 0 Å². The average Bonchev–Trinajstić information content (AvgIpc) is 2.44. The van der Waals surface area contributed by atoms with E-state index in [2.05, 4.69) is 9.98 Å². The largest absolute Gasteiger partial charge is 0.292 e. The van der Waals surface area contributed by atoms with Gasteiger partial charge in [-0.2, -0.15) is 0 Å². The van der Waals surface area contributed by atoms with E-state index in [-0.39, 0.29) is 17.7 Å². The second-order valence-corrected chi connectivity index (χ2v) is 4.63. The van der Waals surface area contributed by atoms with Crippen molar-refractivity contribution < 1.29 is 4.79 Å². The summed E-state index contributed by atoms with van der Waals surface area (Å²) in [5, 5.41) is 0. The van der Waals surface area contributed by atoms with E-state index in [0.717, 1.165) is 22.4 Å². The Balaban J connectivity index is 2.04. The fourth-order valence-corrected chi connectivity index (χ4v) is 2.88. The maximum absolute atomic E-state index is 12.5. The number of Topliss-reactive ketones (excluding diaryl/α,β-unsaturated/α-hetero) is 1. The molecule has 0 bridgehead atoms. The van der Waals surface area contributed by atoms with Crippen LogP contribution >= 0.6 is 0 Å². The fraction of sp³-hybridized carbons (Fsp3) is 0.133. The third-order valence-electron chi connectivity index (χ3n) is 3.70. The number of carbonyl (C=O) groups is 1. The van der Waals surface area contributed by atoms with E-state index >= 15 is 0 Å². The number of dihydropyridines is 1. The van der Waals surface area contributed by atoms with E-state index in [9.17, 15) is 4.79 Å². The van der Waals surface area contributed by atoms with Crippen molar-refractivity contribution in [2.75, 3.05) is 0 Å². The van der Waals surface area contributed by atoms with E-state index < -0.39 is 0 Å². The highest BCUT2D eigenvalue weighted by molar-refractivity contribution is 6.21. The molecular weight excluding hydrogens is 224 g/mol. The van der Waals surface area contributed by atoms with Gasteiger partial charge in [0.25, 0.3) is 0 Å². The minimum Gasteiger partial charge on any atom is -0.292 e. The summed E-state index contributed by atoms with van der Waals surface area (Å²) in [6.45, 7) is 0. The lowest BCUT2D eigenvalue weighted by atomic mass is 9.72. The lowest BCUT2D eigenvalue weighted by molar-refractivity contribution is 0.0948. The predicted octanol–water partition coefficient (Wildman–Crippen LogP) is 2.19. The minimum atomic E-state index is -0.330. The molecule has 0 N–H and O–H groups in total. The summed E-state index contributed by atoms with van der Waals surface area (Å²) >= 11 is 0. The summed E-state index contributed by atoms with van der Waals surface area (Å²) in [5.41, 5.74) is 3.80. The van der Waals surface area contributed by atoms with Crippen LogP contribution in [-0.2, 0) is 0 Å². The maximum Gasteiger partial charge on any atom is 0.188 e. The Hall–Kier alpha value is -2.29. The van der Waals surface area contributed by atoms with Gasteiger partial charge in [0.2, 0.25) is 0 Å². The van der Waals surface area contributed by atoms with E-state index in [1.807, 2.05) is 36.4 Å². The Bertz CT molecular complexity index is 679. The number of fused-ring (bicyclic) bond motifs is 2. The molecule has 1 aliphatic carbocycles. The van der Waals surface area contributed by atoms with Gasteiger partial charge in [0, 0.05) is 23.5 Å². The number of aliphatic imine (C=N–C) groups is 2. The summed E-state index contributed by atoms with van der Waals surface area (Å²) in [6, 6.07) is 7.34. The highest BCUT2D eigenvalue weighted by Crippen LogP contribution is 2.36. The lowest BCUT2D eigenvalue weighted by Gasteiger charge is -2.34. The van der Waals surface area contributed by atoms with Crippen LogP contribution in [0.3, 0.4) is 0 Å². The van der Waals surface area contributed by atoms with Crippen molar-refractivity contribution in [2.24, 2.45) is 15.9 Å². The first kappa shape index (κ1) is 9.71. The Morgan fingerprint density at radius 1 is 1.11 bits per heavy atom. The van der Waals surface area contributed by atoms with Crippen LogP contribution in [-0.4, -0.2) is 23.8 Å². The molecule has 4 rings (SSSR count). The highest BCUT2D eigenvalue weighted by atomic mass is 16.1. The van der Waals surface area contributed by atoms with Gasteiger partial charge in [0.05, 0.1) is 11.6 Å². The van der Waals surface area contributed by atoms with Crippen molar-refractivity contribution in [2.45, 2.75) is 6.04 Å². The van der Waals surface area contributed by atoms with Crippen molar-refractivity contribution in [3.63, 3.8) is 0 Å². The van der Waals surface area contributed by atoms with Crippen molar-refractivity contribution in [1.82, 2.24) is 0 Å². The summed E-state index contributed by atoms with van der Waals surface area (Å²) in [7, 11) is 0. The van der Waals surface area contributed by atoms with Gasteiger partial charge in [0.1, 0.15) is 6.04 Å². The SMILES string of the molecule is O=C1c2ccccc2C2=NC=CC3=CC=NC1C32. The average molecular weight is 234 g/mol. The first-order valence-corrected chi connectivity index (χ1v) is 5.97. The molecule has 0 saturated carbocycles. The molecule has 2 unspecified atom stereocenters.